The van der Waals surface area contributed by atoms with Gasteiger partial charge in [-0.15, -0.1) is 5.10 Å². The summed E-state index contributed by atoms with van der Waals surface area (Å²) in [7, 11) is -3.54. The summed E-state index contributed by atoms with van der Waals surface area (Å²) in [5, 5.41) is 10.1. The van der Waals surface area contributed by atoms with Crippen LogP contribution in [0, 0.1) is 5.92 Å². The van der Waals surface area contributed by atoms with Gasteiger partial charge in [-0.25, -0.2) is 8.42 Å². The van der Waals surface area contributed by atoms with Crippen LogP contribution in [0.15, 0.2) is 33.6 Å². The van der Waals surface area contributed by atoms with Gasteiger partial charge in [0.1, 0.15) is 0 Å². The number of nitrogens with one attached hydrogen (secondary N) is 1. The Morgan fingerprint density at radius 2 is 2.07 bits per heavy atom. The summed E-state index contributed by atoms with van der Waals surface area (Å²) >= 11 is 1.53. The Balaban J connectivity index is 1.69. The number of carbonyl (C=O) groups excluding carboxylic acids is 1. The van der Waals surface area contributed by atoms with E-state index in [1.165, 1.54) is 40.3 Å². The molecule has 27 heavy (non-hydrogen) atoms. The normalized spacial score (nSPS) is 18.4. The summed E-state index contributed by atoms with van der Waals surface area (Å²) in [4.78, 5) is 12.5. The Morgan fingerprint density at radius 1 is 1.33 bits per heavy atom. The zero-order valence-electron chi connectivity index (χ0n) is 15.2. The smallest absolute Gasteiger partial charge is 0.322 e. The number of sulfonamides is 1. The molecule has 1 aromatic heterocycles. The van der Waals surface area contributed by atoms with Crippen molar-refractivity contribution in [2.75, 3.05) is 24.7 Å². The fourth-order valence-corrected chi connectivity index (χ4v) is 4.91. The lowest BCUT2D eigenvalue weighted by Crippen LogP contribution is -2.39. The van der Waals surface area contributed by atoms with Gasteiger partial charge in [0.25, 0.3) is 5.91 Å². The van der Waals surface area contributed by atoms with E-state index in [0.29, 0.717) is 36.2 Å². The summed E-state index contributed by atoms with van der Waals surface area (Å²) < 4.78 is 32.3. The van der Waals surface area contributed by atoms with Crippen molar-refractivity contribution in [1.82, 2.24) is 14.5 Å². The third kappa shape index (κ3) is 4.69. The Bertz CT molecular complexity index is 896. The number of benzene rings is 1. The van der Waals surface area contributed by atoms with Crippen LogP contribution in [0.2, 0.25) is 0 Å². The fourth-order valence-electron chi connectivity index (χ4n) is 2.95. The second kappa shape index (κ2) is 8.41. The molecule has 10 heteroatoms. The number of nitrogens with zero attached hydrogens (tertiary/aromatic N) is 3. The lowest BCUT2D eigenvalue weighted by atomic mass is 10.0. The van der Waals surface area contributed by atoms with Crippen molar-refractivity contribution in [3.05, 3.63) is 35.7 Å². The zero-order chi connectivity index (χ0) is 19.4. The molecule has 0 spiro atoms. The second-order valence-electron chi connectivity index (χ2n) is 6.52. The minimum atomic E-state index is -3.54. The van der Waals surface area contributed by atoms with Crippen LogP contribution in [0.3, 0.4) is 0 Å². The van der Waals surface area contributed by atoms with Gasteiger partial charge < -0.3 is 4.42 Å². The van der Waals surface area contributed by atoms with Crippen LogP contribution >= 0.6 is 11.8 Å². The number of hydrogen-bond acceptors (Lipinski definition) is 7. The van der Waals surface area contributed by atoms with E-state index in [9.17, 15) is 13.2 Å². The van der Waals surface area contributed by atoms with E-state index in [-0.39, 0.29) is 10.9 Å². The quantitative estimate of drug-likeness (QED) is 0.780. The van der Waals surface area contributed by atoms with E-state index in [1.54, 1.807) is 0 Å². The maximum atomic E-state index is 12.8. The van der Waals surface area contributed by atoms with Crippen LogP contribution in [0.1, 0.15) is 36.0 Å². The molecular formula is C17H22N4O4S2. The second-order valence-corrected chi connectivity index (χ2v) is 9.33. The number of piperidine rings is 1. The molecule has 1 aliphatic heterocycles. The monoisotopic (exact) mass is 410 g/mol. The highest BCUT2D eigenvalue weighted by atomic mass is 32.2. The SMILES string of the molecule is CSCc1nnc(NC(=O)c2ccc(S(=O)(=O)N3CCCC(C)C3)cc2)o1. The van der Waals surface area contributed by atoms with Crippen molar-refractivity contribution in [3.8, 4) is 0 Å². The third-order valence-corrected chi connectivity index (χ3v) is 6.74. The van der Waals surface area contributed by atoms with Crippen molar-refractivity contribution in [3.63, 3.8) is 0 Å². The highest BCUT2D eigenvalue weighted by Gasteiger charge is 2.28. The first-order valence-electron chi connectivity index (χ1n) is 8.63. The number of carbonyl (C=O) groups is 1. The van der Waals surface area contributed by atoms with Crippen molar-refractivity contribution in [2.24, 2.45) is 5.92 Å². The third-order valence-electron chi connectivity index (χ3n) is 4.33. The predicted octanol–water partition coefficient (Wildman–Crippen LogP) is 2.61. The van der Waals surface area contributed by atoms with Crippen molar-refractivity contribution in [1.29, 1.82) is 0 Å². The molecule has 1 aliphatic rings. The number of thioether (sulfide) groups is 1. The van der Waals surface area contributed by atoms with Gasteiger partial charge in [0.05, 0.1) is 10.6 Å². The number of anilines is 1. The number of amides is 1. The molecule has 1 aromatic carbocycles. The molecule has 1 atom stereocenters. The van der Waals surface area contributed by atoms with Gasteiger partial charge in [0.15, 0.2) is 0 Å². The van der Waals surface area contributed by atoms with E-state index in [0.717, 1.165) is 12.8 Å². The fraction of sp³-hybridized carbons (Fsp3) is 0.471. The first-order valence-corrected chi connectivity index (χ1v) is 11.5. The molecule has 146 valence electrons. The van der Waals surface area contributed by atoms with E-state index in [2.05, 4.69) is 22.4 Å². The highest BCUT2D eigenvalue weighted by molar-refractivity contribution is 7.97. The van der Waals surface area contributed by atoms with Crippen LogP contribution in [-0.4, -0.2) is 48.2 Å². The lowest BCUT2D eigenvalue weighted by molar-refractivity contribution is 0.102. The van der Waals surface area contributed by atoms with Gasteiger partial charge in [-0.1, -0.05) is 12.0 Å². The summed E-state index contributed by atoms with van der Waals surface area (Å²) in [6.07, 6.45) is 3.81. The minimum absolute atomic E-state index is 0.0167. The molecular weight excluding hydrogens is 388 g/mol. The molecule has 0 saturated carbocycles. The van der Waals surface area contributed by atoms with E-state index < -0.39 is 15.9 Å². The Labute approximate surface area is 162 Å². The molecule has 2 aromatic rings. The topological polar surface area (TPSA) is 105 Å². The predicted molar refractivity (Wildman–Crippen MR) is 103 cm³/mol. The van der Waals surface area contributed by atoms with Crippen LogP contribution in [0.4, 0.5) is 6.01 Å². The van der Waals surface area contributed by atoms with E-state index in [4.69, 9.17) is 4.42 Å². The Morgan fingerprint density at radius 3 is 2.74 bits per heavy atom. The minimum Gasteiger partial charge on any atom is -0.407 e. The molecule has 0 aliphatic carbocycles. The van der Waals surface area contributed by atoms with Crippen LogP contribution in [-0.2, 0) is 15.8 Å². The molecule has 3 rings (SSSR count). The number of hydrogen-bond donors (Lipinski definition) is 1. The zero-order valence-corrected chi connectivity index (χ0v) is 16.8. The number of rotatable bonds is 6. The molecule has 1 fully saturated rings. The molecule has 1 unspecified atom stereocenters. The molecule has 1 saturated heterocycles. The summed E-state index contributed by atoms with van der Waals surface area (Å²) in [5.41, 5.74) is 0.311. The van der Waals surface area contributed by atoms with Gasteiger partial charge in [-0.05, 0) is 49.3 Å². The average Bonchev–Trinajstić information content (AvgIpc) is 3.09. The molecule has 0 bridgehead atoms. The average molecular weight is 411 g/mol. The van der Waals surface area contributed by atoms with Crippen molar-refractivity contribution in [2.45, 2.75) is 30.4 Å². The summed E-state index contributed by atoms with van der Waals surface area (Å²) in [6, 6.07) is 5.89. The van der Waals surface area contributed by atoms with Crippen LogP contribution < -0.4 is 5.32 Å². The summed E-state index contributed by atoms with van der Waals surface area (Å²) in [5.74, 6) is 0.897. The van der Waals surface area contributed by atoms with Gasteiger partial charge in [-0.3, -0.25) is 10.1 Å². The lowest BCUT2D eigenvalue weighted by Gasteiger charge is -2.30. The maximum Gasteiger partial charge on any atom is 0.322 e. The first-order chi connectivity index (χ1) is 12.9. The number of aromatic nitrogens is 2. The van der Waals surface area contributed by atoms with Crippen LogP contribution in [0.25, 0.3) is 0 Å². The molecule has 1 amide bonds. The van der Waals surface area contributed by atoms with Gasteiger partial charge in [0.2, 0.25) is 15.9 Å². The molecule has 2 heterocycles. The van der Waals surface area contributed by atoms with Crippen molar-refractivity contribution < 1.29 is 17.6 Å². The largest absolute Gasteiger partial charge is 0.407 e. The molecule has 0 radical (unpaired) electrons. The highest BCUT2D eigenvalue weighted by Crippen LogP contribution is 2.23. The first kappa shape index (κ1) is 19.8. The van der Waals surface area contributed by atoms with E-state index in [1.807, 2.05) is 6.26 Å². The van der Waals surface area contributed by atoms with Gasteiger partial charge in [0, 0.05) is 18.7 Å². The Hall–Kier alpha value is -1.91. The molecule has 1 N–H and O–H groups in total. The standard InChI is InChI=1S/C17H22N4O4S2/c1-12-4-3-9-21(10-12)27(23,24)14-7-5-13(6-8-14)16(22)18-17-20-19-15(25-17)11-26-2/h5-8,12H,3-4,9-11H2,1-2H3,(H,18,20,22). The molecule has 8 nitrogen and oxygen atoms in total. The van der Waals surface area contributed by atoms with Gasteiger partial charge >= 0.3 is 6.01 Å². The summed E-state index contributed by atoms with van der Waals surface area (Å²) in [6.45, 7) is 3.11. The Kier molecular flexibility index (Phi) is 6.18. The van der Waals surface area contributed by atoms with Crippen LogP contribution in [0.5, 0.6) is 0 Å². The van der Waals surface area contributed by atoms with Crippen molar-refractivity contribution >= 4 is 33.7 Å². The van der Waals surface area contributed by atoms with Gasteiger partial charge in [-0.2, -0.15) is 16.1 Å². The van der Waals surface area contributed by atoms with E-state index >= 15 is 0 Å². The maximum absolute atomic E-state index is 12.8.